The van der Waals surface area contributed by atoms with E-state index in [1.165, 1.54) is 0 Å². The summed E-state index contributed by atoms with van der Waals surface area (Å²) in [7, 11) is -3.00. The predicted molar refractivity (Wildman–Crippen MR) is 74.8 cm³/mol. The van der Waals surface area contributed by atoms with Crippen molar-refractivity contribution in [3.8, 4) is 11.8 Å². The number of para-hydroxylation sites is 1. The summed E-state index contributed by atoms with van der Waals surface area (Å²) >= 11 is 0. The van der Waals surface area contributed by atoms with Gasteiger partial charge in [-0.05, 0) is 24.5 Å². The Labute approximate surface area is 114 Å². The van der Waals surface area contributed by atoms with E-state index in [1.807, 2.05) is 19.9 Å². The molecule has 4 nitrogen and oxygen atoms in total. The van der Waals surface area contributed by atoms with Crippen LogP contribution in [0.15, 0.2) is 24.3 Å². The van der Waals surface area contributed by atoms with Gasteiger partial charge in [-0.1, -0.05) is 26.0 Å². The molecule has 0 atom stereocenters. The number of nitrogens with zero attached hydrogens (tertiary/aromatic N) is 1. The molecule has 0 aromatic heterocycles. The molecule has 19 heavy (non-hydrogen) atoms. The maximum Gasteiger partial charge on any atom is 0.150 e. The van der Waals surface area contributed by atoms with E-state index in [0.29, 0.717) is 24.3 Å². The van der Waals surface area contributed by atoms with Crippen molar-refractivity contribution < 1.29 is 13.2 Å². The van der Waals surface area contributed by atoms with E-state index in [0.717, 1.165) is 0 Å². The van der Waals surface area contributed by atoms with Gasteiger partial charge in [-0.2, -0.15) is 5.26 Å². The maximum absolute atomic E-state index is 11.7. The van der Waals surface area contributed by atoms with Crippen molar-refractivity contribution in [3.63, 3.8) is 0 Å². The first kappa shape index (κ1) is 15.5. The summed E-state index contributed by atoms with van der Waals surface area (Å²) in [6, 6.07) is 8.96. The molecule has 1 aromatic rings. The molecule has 5 heteroatoms. The summed E-state index contributed by atoms with van der Waals surface area (Å²) < 4.78 is 28.8. The van der Waals surface area contributed by atoms with Crippen LogP contribution in [0.5, 0.6) is 5.75 Å². The minimum Gasteiger partial charge on any atom is -0.492 e. The van der Waals surface area contributed by atoms with Gasteiger partial charge in [0.25, 0.3) is 0 Å². The van der Waals surface area contributed by atoms with Gasteiger partial charge in [0.1, 0.15) is 11.8 Å². The summed E-state index contributed by atoms with van der Waals surface area (Å²) in [4.78, 5) is 0. The summed E-state index contributed by atoms with van der Waals surface area (Å²) in [6.45, 7) is 4.07. The number of nitriles is 1. The molecular weight excluding hydrogens is 262 g/mol. The third-order valence-electron chi connectivity index (χ3n) is 2.45. The fraction of sp³-hybridized carbons (Fsp3) is 0.500. The van der Waals surface area contributed by atoms with Gasteiger partial charge in [0.2, 0.25) is 0 Å². The standard InChI is InChI=1S/C14H19NO3S/c1-12(2)11-19(16,17)9-5-8-18-14-7-4-3-6-13(14)10-15/h3-4,6-7,12H,5,8-9,11H2,1-2H3. The lowest BCUT2D eigenvalue weighted by Gasteiger charge is -2.09. The highest BCUT2D eigenvalue weighted by molar-refractivity contribution is 7.91. The highest BCUT2D eigenvalue weighted by atomic mass is 32.2. The topological polar surface area (TPSA) is 67.2 Å². The van der Waals surface area contributed by atoms with Crippen molar-refractivity contribution in [3.05, 3.63) is 29.8 Å². The Bertz CT molecular complexity index is 544. The van der Waals surface area contributed by atoms with Crippen LogP contribution in [0.25, 0.3) is 0 Å². The van der Waals surface area contributed by atoms with Crippen molar-refractivity contribution in [2.75, 3.05) is 18.1 Å². The number of sulfone groups is 1. The maximum atomic E-state index is 11.7. The van der Waals surface area contributed by atoms with E-state index in [1.54, 1.807) is 24.3 Å². The normalized spacial score (nSPS) is 11.3. The third-order valence-corrected chi connectivity index (χ3v) is 4.54. The molecule has 0 spiro atoms. The van der Waals surface area contributed by atoms with Gasteiger partial charge in [0, 0.05) is 0 Å². The Hall–Kier alpha value is -1.54. The van der Waals surface area contributed by atoms with Crippen molar-refractivity contribution in [1.82, 2.24) is 0 Å². The first-order chi connectivity index (χ1) is 8.94. The van der Waals surface area contributed by atoms with Crippen LogP contribution in [0.1, 0.15) is 25.8 Å². The van der Waals surface area contributed by atoms with Crippen LogP contribution in [-0.2, 0) is 9.84 Å². The molecule has 0 amide bonds. The molecule has 0 radical (unpaired) electrons. The van der Waals surface area contributed by atoms with Crippen LogP contribution < -0.4 is 4.74 Å². The highest BCUT2D eigenvalue weighted by Gasteiger charge is 2.13. The monoisotopic (exact) mass is 281 g/mol. The van der Waals surface area contributed by atoms with E-state index in [4.69, 9.17) is 10.00 Å². The molecule has 0 aliphatic carbocycles. The number of ether oxygens (including phenoxy) is 1. The highest BCUT2D eigenvalue weighted by Crippen LogP contribution is 2.16. The lowest BCUT2D eigenvalue weighted by Crippen LogP contribution is -2.17. The van der Waals surface area contributed by atoms with Crippen LogP contribution in [0, 0.1) is 17.2 Å². The Kier molecular flexibility index (Phi) is 5.84. The molecule has 1 rings (SSSR count). The van der Waals surface area contributed by atoms with Gasteiger partial charge in [0.15, 0.2) is 9.84 Å². The third kappa shape index (κ3) is 5.75. The van der Waals surface area contributed by atoms with Crippen LogP contribution >= 0.6 is 0 Å². The Morgan fingerprint density at radius 2 is 2.00 bits per heavy atom. The molecule has 0 bridgehead atoms. The van der Waals surface area contributed by atoms with E-state index in [-0.39, 0.29) is 17.4 Å². The van der Waals surface area contributed by atoms with E-state index in [9.17, 15) is 8.42 Å². The van der Waals surface area contributed by atoms with Crippen molar-refractivity contribution in [2.45, 2.75) is 20.3 Å². The van der Waals surface area contributed by atoms with Gasteiger partial charge in [-0.3, -0.25) is 0 Å². The molecule has 0 heterocycles. The second-order valence-corrected chi connectivity index (χ2v) is 7.05. The van der Waals surface area contributed by atoms with Gasteiger partial charge in [-0.15, -0.1) is 0 Å². The molecule has 0 saturated heterocycles. The molecule has 1 aromatic carbocycles. The minimum atomic E-state index is -3.00. The molecule has 0 fully saturated rings. The Morgan fingerprint density at radius 1 is 1.32 bits per heavy atom. The lowest BCUT2D eigenvalue weighted by molar-refractivity contribution is 0.316. The number of hydrogen-bond donors (Lipinski definition) is 0. The molecular formula is C14H19NO3S. The minimum absolute atomic E-state index is 0.125. The molecule has 104 valence electrons. The zero-order valence-corrected chi connectivity index (χ0v) is 12.1. The first-order valence-electron chi connectivity index (χ1n) is 6.27. The number of rotatable bonds is 7. The Balaban J connectivity index is 2.42. The largest absolute Gasteiger partial charge is 0.492 e. The van der Waals surface area contributed by atoms with Crippen molar-refractivity contribution in [2.24, 2.45) is 5.92 Å². The zero-order valence-electron chi connectivity index (χ0n) is 11.3. The van der Waals surface area contributed by atoms with E-state index in [2.05, 4.69) is 0 Å². The quantitative estimate of drug-likeness (QED) is 0.720. The van der Waals surface area contributed by atoms with Crippen LogP contribution in [0.3, 0.4) is 0 Å². The first-order valence-corrected chi connectivity index (χ1v) is 8.09. The smallest absolute Gasteiger partial charge is 0.150 e. The van der Waals surface area contributed by atoms with Gasteiger partial charge in [-0.25, -0.2) is 8.42 Å². The van der Waals surface area contributed by atoms with Gasteiger partial charge < -0.3 is 4.74 Å². The average Bonchev–Trinajstić information content (AvgIpc) is 2.33. The van der Waals surface area contributed by atoms with Crippen molar-refractivity contribution >= 4 is 9.84 Å². The molecule has 0 saturated carbocycles. The van der Waals surface area contributed by atoms with E-state index >= 15 is 0 Å². The number of benzene rings is 1. The summed E-state index contributed by atoms with van der Waals surface area (Å²) in [5.74, 6) is 0.985. The average molecular weight is 281 g/mol. The molecule has 0 aliphatic rings. The van der Waals surface area contributed by atoms with Gasteiger partial charge in [0.05, 0.1) is 23.7 Å². The Morgan fingerprint density at radius 3 is 2.63 bits per heavy atom. The van der Waals surface area contributed by atoms with Crippen LogP contribution in [0.2, 0.25) is 0 Å². The molecule has 0 aliphatic heterocycles. The molecule has 0 unspecified atom stereocenters. The van der Waals surface area contributed by atoms with Crippen LogP contribution in [-0.4, -0.2) is 26.5 Å². The van der Waals surface area contributed by atoms with Crippen molar-refractivity contribution in [1.29, 1.82) is 5.26 Å². The fourth-order valence-corrected chi connectivity index (χ4v) is 3.48. The molecule has 0 N–H and O–H groups in total. The fourth-order valence-electron chi connectivity index (χ4n) is 1.74. The van der Waals surface area contributed by atoms with Crippen LogP contribution in [0.4, 0.5) is 0 Å². The number of hydrogen-bond acceptors (Lipinski definition) is 4. The summed E-state index contributed by atoms with van der Waals surface area (Å²) in [6.07, 6.45) is 0.439. The summed E-state index contributed by atoms with van der Waals surface area (Å²) in [5, 5.41) is 8.88. The second-order valence-electron chi connectivity index (χ2n) is 4.82. The van der Waals surface area contributed by atoms with Gasteiger partial charge >= 0.3 is 0 Å². The summed E-state index contributed by atoms with van der Waals surface area (Å²) in [5.41, 5.74) is 0.465. The zero-order chi connectivity index (χ0) is 14.3. The second kappa shape index (κ2) is 7.15. The predicted octanol–water partition coefficient (Wildman–Crippen LogP) is 2.40. The van der Waals surface area contributed by atoms with E-state index < -0.39 is 9.84 Å². The lowest BCUT2D eigenvalue weighted by atomic mass is 10.2. The SMILES string of the molecule is CC(C)CS(=O)(=O)CCCOc1ccccc1C#N.